The van der Waals surface area contributed by atoms with Gasteiger partial charge in [0.25, 0.3) is 0 Å². The highest BCUT2D eigenvalue weighted by Gasteiger charge is 2.10. The summed E-state index contributed by atoms with van der Waals surface area (Å²) in [4.78, 5) is 6.38. The van der Waals surface area contributed by atoms with Gasteiger partial charge in [-0.1, -0.05) is 12.1 Å². The third-order valence-corrected chi connectivity index (χ3v) is 2.35. The van der Waals surface area contributed by atoms with Crippen molar-refractivity contribution in [1.29, 1.82) is 0 Å². The Balaban J connectivity index is 2.67. The zero-order valence-corrected chi connectivity index (χ0v) is 9.34. The van der Waals surface area contributed by atoms with Gasteiger partial charge in [0.05, 0.1) is 19.0 Å². The Bertz CT molecular complexity index is 568. The van der Waals surface area contributed by atoms with Crippen molar-refractivity contribution in [3.63, 3.8) is 0 Å². The third kappa shape index (κ3) is 1.94. The largest absolute Gasteiger partial charge is 0.496 e. The molecule has 0 spiro atoms. The van der Waals surface area contributed by atoms with E-state index in [1.54, 1.807) is 18.2 Å². The van der Waals surface area contributed by atoms with Crippen molar-refractivity contribution in [1.82, 2.24) is 9.97 Å². The fourth-order valence-electron chi connectivity index (χ4n) is 1.43. The monoisotopic (exact) mass is 236 g/mol. The van der Waals surface area contributed by atoms with Gasteiger partial charge in [-0.05, 0) is 24.4 Å². The van der Waals surface area contributed by atoms with E-state index < -0.39 is 5.82 Å². The predicted octanol–water partition coefficient (Wildman–Crippen LogP) is 2.95. The van der Waals surface area contributed by atoms with E-state index >= 15 is 0 Å². The smallest absolute Gasteiger partial charge is 0.197 e. The van der Waals surface area contributed by atoms with E-state index in [4.69, 9.17) is 17.0 Å². The number of halogens is 1. The lowest BCUT2D eigenvalue weighted by Gasteiger charge is -2.08. The highest BCUT2D eigenvalue weighted by molar-refractivity contribution is 7.71. The quantitative estimate of drug-likeness (QED) is 0.815. The molecular formula is C11H9FN2OS. The van der Waals surface area contributed by atoms with E-state index in [-0.39, 0.29) is 10.5 Å². The molecule has 1 aromatic carbocycles. The molecule has 5 heteroatoms. The van der Waals surface area contributed by atoms with Crippen LogP contribution in [0.1, 0.15) is 0 Å². The molecule has 0 saturated heterocycles. The summed E-state index contributed by atoms with van der Waals surface area (Å²) in [7, 11) is 1.53. The minimum Gasteiger partial charge on any atom is -0.496 e. The maximum Gasteiger partial charge on any atom is 0.197 e. The molecule has 0 saturated carbocycles. The molecule has 0 radical (unpaired) electrons. The minimum absolute atomic E-state index is 0.238. The summed E-state index contributed by atoms with van der Waals surface area (Å²) in [6.45, 7) is 0. The Morgan fingerprint density at radius 2 is 2.12 bits per heavy atom. The maximum atomic E-state index is 13.6. The van der Waals surface area contributed by atoms with Crippen LogP contribution < -0.4 is 4.74 Å². The van der Waals surface area contributed by atoms with Crippen LogP contribution in [-0.2, 0) is 0 Å². The SMILES string of the molecule is COc1ccccc1-c1[nH]c(=S)ncc1F. The molecule has 3 nitrogen and oxygen atoms in total. The molecule has 82 valence electrons. The summed E-state index contributed by atoms with van der Waals surface area (Å²) in [5, 5.41) is 0. The van der Waals surface area contributed by atoms with Crippen molar-refractivity contribution in [2.75, 3.05) is 7.11 Å². The summed E-state index contributed by atoms with van der Waals surface area (Å²) in [5.74, 6) is 0.122. The van der Waals surface area contributed by atoms with Crippen molar-refractivity contribution >= 4 is 12.2 Å². The summed E-state index contributed by atoms with van der Waals surface area (Å²) < 4.78 is 19.0. The van der Waals surface area contributed by atoms with E-state index in [0.717, 1.165) is 6.20 Å². The molecule has 0 aliphatic rings. The van der Waals surface area contributed by atoms with Crippen LogP contribution in [0, 0.1) is 10.6 Å². The van der Waals surface area contributed by atoms with Crippen LogP contribution in [0.5, 0.6) is 5.75 Å². The summed E-state index contributed by atoms with van der Waals surface area (Å²) >= 11 is 4.86. The van der Waals surface area contributed by atoms with E-state index in [1.165, 1.54) is 7.11 Å². The van der Waals surface area contributed by atoms with Crippen molar-refractivity contribution in [2.24, 2.45) is 0 Å². The summed E-state index contributed by atoms with van der Waals surface area (Å²) in [6, 6.07) is 7.12. The number of H-pyrrole nitrogens is 1. The van der Waals surface area contributed by atoms with Crippen LogP contribution in [0.4, 0.5) is 4.39 Å². The molecule has 16 heavy (non-hydrogen) atoms. The van der Waals surface area contributed by atoms with E-state index in [9.17, 15) is 4.39 Å². The Labute approximate surface area is 96.9 Å². The molecule has 2 aromatic rings. The first-order chi connectivity index (χ1) is 7.72. The molecule has 0 amide bonds. The predicted molar refractivity (Wildman–Crippen MR) is 61.4 cm³/mol. The number of para-hydroxylation sites is 1. The lowest BCUT2D eigenvalue weighted by Crippen LogP contribution is -1.95. The van der Waals surface area contributed by atoms with Crippen LogP contribution >= 0.6 is 12.2 Å². The zero-order chi connectivity index (χ0) is 11.5. The topological polar surface area (TPSA) is 37.9 Å². The Hall–Kier alpha value is -1.75. The normalized spacial score (nSPS) is 10.1. The van der Waals surface area contributed by atoms with E-state index in [2.05, 4.69) is 9.97 Å². The average Bonchev–Trinajstić information content (AvgIpc) is 2.32. The van der Waals surface area contributed by atoms with Gasteiger partial charge in [0.1, 0.15) is 5.75 Å². The minimum atomic E-state index is -0.460. The van der Waals surface area contributed by atoms with Crippen molar-refractivity contribution in [3.05, 3.63) is 41.1 Å². The molecule has 1 heterocycles. The molecule has 1 aromatic heterocycles. The first-order valence-electron chi connectivity index (χ1n) is 4.60. The molecule has 2 rings (SSSR count). The van der Waals surface area contributed by atoms with Crippen LogP contribution in [0.2, 0.25) is 0 Å². The fraction of sp³-hybridized carbons (Fsp3) is 0.0909. The average molecular weight is 236 g/mol. The number of methoxy groups -OCH3 is 1. The second-order valence-corrected chi connectivity index (χ2v) is 3.50. The van der Waals surface area contributed by atoms with Crippen LogP contribution in [0.3, 0.4) is 0 Å². The van der Waals surface area contributed by atoms with Gasteiger partial charge in [-0.25, -0.2) is 9.37 Å². The fourth-order valence-corrected chi connectivity index (χ4v) is 1.58. The molecule has 0 aliphatic carbocycles. The number of rotatable bonds is 2. The molecule has 0 fully saturated rings. The van der Waals surface area contributed by atoms with Gasteiger partial charge in [-0.2, -0.15) is 0 Å². The first kappa shape index (κ1) is 10.8. The van der Waals surface area contributed by atoms with Crippen molar-refractivity contribution in [2.45, 2.75) is 0 Å². The van der Waals surface area contributed by atoms with Crippen LogP contribution in [-0.4, -0.2) is 17.1 Å². The standard InChI is InChI=1S/C11H9FN2OS/c1-15-9-5-3-2-4-7(9)10-8(12)6-13-11(16)14-10/h2-6H,1H3,(H,13,14,16). The number of aromatic amines is 1. The Morgan fingerprint density at radius 1 is 1.38 bits per heavy atom. The van der Waals surface area contributed by atoms with Crippen LogP contribution in [0.25, 0.3) is 11.3 Å². The third-order valence-electron chi connectivity index (χ3n) is 2.14. The zero-order valence-electron chi connectivity index (χ0n) is 8.53. The summed E-state index contributed by atoms with van der Waals surface area (Å²) in [6.07, 6.45) is 1.10. The molecule has 0 atom stereocenters. The van der Waals surface area contributed by atoms with Crippen LogP contribution in [0.15, 0.2) is 30.5 Å². The second-order valence-electron chi connectivity index (χ2n) is 3.11. The lowest BCUT2D eigenvalue weighted by atomic mass is 10.1. The Kier molecular flexibility index (Phi) is 2.96. The van der Waals surface area contributed by atoms with Crippen molar-refractivity contribution in [3.8, 4) is 17.0 Å². The Morgan fingerprint density at radius 3 is 2.88 bits per heavy atom. The van der Waals surface area contributed by atoms with Gasteiger partial charge in [-0.3, -0.25) is 0 Å². The van der Waals surface area contributed by atoms with Crippen molar-refractivity contribution < 1.29 is 9.13 Å². The molecule has 1 N–H and O–H groups in total. The molecule has 0 unspecified atom stereocenters. The maximum absolute atomic E-state index is 13.6. The van der Waals surface area contributed by atoms with Gasteiger partial charge in [0.15, 0.2) is 10.6 Å². The molecule has 0 aliphatic heterocycles. The molecule has 0 bridgehead atoms. The number of nitrogens with zero attached hydrogens (tertiary/aromatic N) is 1. The molecular weight excluding hydrogens is 227 g/mol. The number of hydrogen-bond donors (Lipinski definition) is 1. The first-order valence-corrected chi connectivity index (χ1v) is 5.01. The number of benzene rings is 1. The summed E-state index contributed by atoms with van der Waals surface area (Å²) in [5.41, 5.74) is 0.911. The highest BCUT2D eigenvalue weighted by atomic mass is 32.1. The van der Waals surface area contributed by atoms with Gasteiger partial charge in [0, 0.05) is 5.56 Å². The van der Waals surface area contributed by atoms with Gasteiger partial charge >= 0.3 is 0 Å². The van der Waals surface area contributed by atoms with E-state index in [0.29, 0.717) is 11.3 Å². The highest BCUT2D eigenvalue weighted by Crippen LogP contribution is 2.29. The number of ether oxygens (including phenoxy) is 1. The van der Waals surface area contributed by atoms with E-state index in [1.807, 2.05) is 6.07 Å². The second kappa shape index (κ2) is 4.40. The number of hydrogen-bond acceptors (Lipinski definition) is 3. The van der Waals surface area contributed by atoms with Gasteiger partial charge in [-0.15, -0.1) is 0 Å². The lowest BCUT2D eigenvalue weighted by molar-refractivity contribution is 0.416. The van der Waals surface area contributed by atoms with Gasteiger partial charge < -0.3 is 9.72 Å². The number of nitrogens with one attached hydrogen (secondary N) is 1. The number of aromatic nitrogens is 2. The van der Waals surface area contributed by atoms with Gasteiger partial charge in [0.2, 0.25) is 0 Å².